The van der Waals surface area contributed by atoms with E-state index in [2.05, 4.69) is 10.2 Å². The van der Waals surface area contributed by atoms with Crippen molar-refractivity contribution in [3.63, 3.8) is 0 Å². The molecule has 53 heavy (non-hydrogen) atoms. The summed E-state index contributed by atoms with van der Waals surface area (Å²) in [7, 11) is 0. The maximum Gasteiger partial charge on any atom is 0.416 e. The molecule has 1 aromatic heterocycles. The van der Waals surface area contributed by atoms with Crippen LogP contribution in [0.1, 0.15) is 78.0 Å². The number of esters is 3. The Hall–Kier alpha value is -5.13. The van der Waals surface area contributed by atoms with Gasteiger partial charge in [0.15, 0.2) is 5.92 Å². The highest BCUT2D eigenvalue weighted by Gasteiger charge is 2.38. The minimum atomic E-state index is -4.57. The van der Waals surface area contributed by atoms with Crippen LogP contribution in [0.15, 0.2) is 42.5 Å². The van der Waals surface area contributed by atoms with Crippen molar-refractivity contribution in [1.29, 1.82) is 0 Å². The lowest BCUT2D eigenvalue weighted by Gasteiger charge is -2.29. The number of nitrogens with zero attached hydrogens (tertiary/aromatic N) is 4. The summed E-state index contributed by atoms with van der Waals surface area (Å²) in [4.78, 5) is 65.2. The van der Waals surface area contributed by atoms with Crippen LogP contribution in [-0.4, -0.2) is 70.1 Å². The van der Waals surface area contributed by atoms with Gasteiger partial charge in [-0.15, -0.1) is 10.2 Å². The summed E-state index contributed by atoms with van der Waals surface area (Å²) in [5.74, 6) is -5.82. The van der Waals surface area contributed by atoms with Crippen LogP contribution in [0, 0.1) is 16.0 Å². The number of rotatable bonds is 13. The van der Waals surface area contributed by atoms with E-state index in [4.69, 9.17) is 18.9 Å². The summed E-state index contributed by atoms with van der Waals surface area (Å²) >= 11 is 0.822. The van der Waals surface area contributed by atoms with Gasteiger partial charge in [0.25, 0.3) is 5.69 Å². The van der Waals surface area contributed by atoms with E-state index in [-0.39, 0.29) is 40.9 Å². The predicted octanol–water partition coefficient (Wildman–Crippen LogP) is 7.28. The lowest BCUT2D eigenvalue weighted by molar-refractivity contribution is -0.385. The smallest absolute Gasteiger partial charge is 0.416 e. The summed E-state index contributed by atoms with van der Waals surface area (Å²) in [6.45, 7) is 12.1. The van der Waals surface area contributed by atoms with E-state index in [1.54, 1.807) is 41.5 Å². The van der Waals surface area contributed by atoms with Crippen molar-refractivity contribution >= 4 is 46.2 Å². The van der Waals surface area contributed by atoms with Crippen molar-refractivity contribution in [1.82, 2.24) is 10.2 Å². The number of carbonyl (C=O) groups excluding carboxylic acids is 4. The molecule has 0 N–H and O–H groups in total. The van der Waals surface area contributed by atoms with Gasteiger partial charge in [-0.25, -0.2) is 4.79 Å². The number of ether oxygens (including phenoxy) is 4. The summed E-state index contributed by atoms with van der Waals surface area (Å²) in [6, 6.07) is 7.82. The third-order valence-electron chi connectivity index (χ3n) is 6.99. The zero-order valence-corrected chi connectivity index (χ0v) is 31.3. The number of alkyl halides is 3. The molecule has 288 valence electrons. The Bertz CT molecular complexity index is 1780. The average molecular weight is 767 g/mol. The minimum Gasteiger partial charge on any atom is -0.465 e. The summed E-state index contributed by atoms with van der Waals surface area (Å²) in [5.41, 5.74) is -3.22. The molecule has 0 fully saturated rings. The fraction of sp³-hybridized carbons (Fsp3) is 0.486. The molecule has 1 amide bonds. The quantitative estimate of drug-likeness (QED) is 0.0559. The first-order valence-corrected chi connectivity index (χ1v) is 17.2. The van der Waals surface area contributed by atoms with Crippen LogP contribution in [0.25, 0.3) is 10.6 Å². The van der Waals surface area contributed by atoms with Crippen molar-refractivity contribution in [2.45, 2.75) is 85.1 Å². The first-order valence-electron chi connectivity index (χ1n) is 16.4. The molecule has 0 saturated carbocycles. The van der Waals surface area contributed by atoms with Crippen molar-refractivity contribution in [2.24, 2.45) is 5.92 Å². The fourth-order valence-corrected chi connectivity index (χ4v) is 5.66. The highest BCUT2D eigenvalue weighted by molar-refractivity contribution is 7.18. The van der Waals surface area contributed by atoms with Gasteiger partial charge in [-0.2, -0.15) is 13.2 Å². The molecule has 0 radical (unpaired) electrons. The first kappa shape index (κ1) is 42.3. The molecule has 3 aromatic rings. The maximum atomic E-state index is 13.7. The third-order valence-corrected chi connectivity index (χ3v) is 7.99. The molecular weight excluding hydrogens is 725 g/mol. The van der Waals surface area contributed by atoms with E-state index < -0.39 is 75.9 Å². The number of benzene rings is 2. The summed E-state index contributed by atoms with van der Waals surface area (Å²) < 4.78 is 61.0. The van der Waals surface area contributed by atoms with Crippen LogP contribution in [0.2, 0.25) is 0 Å². The highest BCUT2D eigenvalue weighted by atomic mass is 32.1. The molecule has 0 bridgehead atoms. The van der Waals surface area contributed by atoms with Gasteiger partial charge in [-0.05, 0) is 91.6 Å². The normalized spacial score (nSPS) is 12.5. The second-order valence-electron chi connectivity index (χ2n) is 13.6. The SMILES string of the molecule is CCOC(=O)C(C(=O)OCC)c1cc(-c2nnc(N(C[C@@H](Cc3ccc(C(F)(F)F)cc3)C(=O)OC(C)(C)C)C(=O)OC(C)(C)C)s2)ccc1[N+](=O)[O-]. The Labute approximate surface area is 307 Å². The van der Waals surface area contributed by atoms with Crippen LogP contribution < -0.4 is 4.90 Å². The lowest BCUT2D eigenvalue weighted by Crippen LogP contribution is -2.43. The Morgan fingerprint density at radius 1 is 0.849 bits per heavy atom. The van der Waals surface area contributed by atoms with E-state index in [0.717, 1.165) is 34.4 Å². The number of amides is 1. The number of nitro benzene ring substituents is 1. The van der Waals surface area contributed by atoms with E-state index in [0.29, 0.717) is 5.56 Å². The van der Waals surface area contributed by atoms with Gasteiger partial charge in [0, 0.05) is 18.2 Å². The van der Waals surface area contributed by atoms with E-state index in [9.17, 15) is 42.5 Å². The van der Waals surface area contributed by atoms with E-state index in [1.807, 2.05) is 0 Å². The van der Waals surface area contributed by atoms with Crippen LogP contribution in [0.5, 0.6) is 0 Å². The van der Waals surface area contributed by atoms with Crippen molar-refractivity contribution in [2.75, 3.05) is 24.7 Å². The number of anilines is 1. The molecule has 0 aliphatic heterocycles. The molecule has 0 saturated heterocycles. The summed E-state index contributed by atoms with van der Waals surface area (Å²) in [6.07, 6.45) is -5.64. The molecule has 2 aromatic carbocycles. The largest absolute Gasteiger partial charge is 0.465 e. The number of halogens is 3. The minimum absolute atomic E-state index is 0.0810. The van der Waals surface area contributed by atoms with Gasteiger partial charge in [0.1, 0.15) is 16.2 Å². The molecule has 0 spiro atoms. The number of nitro groups is 1. The molecule has 1 heterocycles. The maximum absolute atomic E-state index is 13.7. The van der Waals surface area contributed by atoms with Crippen molar-refractivity contribution in [3.05, 3.63) is 69.3 Å². The molecule has 18 heteroatoms. The summed E-state index contributed by atoms with van der Waals surface area (Å²) in [5, 5.41) is 20.3. The number of aromatic nitrogens is 2. The molecule has 0 aliphatic rings. The zero-order chi connectivity index (χ0) is 39.9. The van der Waals surface area contributed by atoms with E-state index >= 15 is 0 Å². The second kappa shape index (κ2) is 17.1. The highest BCUT2D eigenvalue weighted by Crippen LogP contribution is 2.37. The molecule has 3 rings (SSSR count). The Morgan fingerprint density at radius 3 is 1.91 bits per heavy atom. The Kier molecular flexibility index (Phi) is 13.7. The van der Waals surface area contributed by atoms with Gasteiger partial charge in [-0.1, -0.05) is 23.5 Å². The Balaban J connectivity index is 2.13. The van der Waals surface area contributed by atoms with Crippen LogP contribution >= 0.6 is 11.3 Å². The third kappa shape index (κ3) is 11.9. The monoisotopic (exact) mass is 766 g/mol. The second-order valence-corrected chi connectivity index (χ2v) is 14.5. The molecule has 1 atom stereocenters. The predicted molar refractivity (Wildman–Crippen MR) is 186 cm³/mol. The molecular formula is C35H41F3N4O10S. The number of hydrogen-bond donors (Lipinski definition) is 0. The number of hydrogen-bond acceptors (Lipinski definition) is 13. The standard InChI is InChI=1S/C35H41F3N4O10S/c1-9-49-29(44)26(30(45)50-10-2)24-18-21(13-16-25(24)42(47)48)27-39-40-31(53-27)41(32(46)52-34(6,7)8)19-22(28(43)51-33(3,4)5)17-20-11-14-23(15-12-20)35(36,37)38/h11-16,18,22,26H,9-10,17,19H2,1-8H3/t22-/m1/s1. The fourth-order valence-electron chi connectivity index (χ4n) is 4.82. The zero-order valence-electron chi connectivity index (χ0n) is 30.4. The van der Waals surface area contributed by atoms with Crippen LogP contribution in [0.3, 0.4) is 0 Å². The number of carbonyl (C=O) groups is 4. The van der Waals surface area contributed by atoms with Gasteiger partial charge < -0.3 is 18.9 Å². The van der Waals surface area contributed by atoms with Crippen molar-refractivity contribution < 1.29 is 56.2 Å². The van der Waals surface area contributed by atoms with E-state index in [1.165, 1.54) is 38.1 Å². The van der Waals surface area contributed by atoms with Crippen molar-refractivity contribution in [3.8, 4) is 10.6 Å². The van der Waals surface area contributed by atoms with Crippen LogP contribution in [0.4, 0.5) is 28.8 Å². The topological polar surface area (TPSA) is 177 Å². The van der Waals surface area contributed by atoms with Gasteiger partial charge in [0.05, 0.1) is 35.2 Å². The lowest BCUT2D eigenvalue weighted by atomic mass is 9.95. The van der Waals surface area contributed by atoms with Gasteiger partial charge in [-0.3, -0.25) is 29.4 Å². The van der Waals surface area contributed by atoms with Gasteiger partial charge in [0.2, 0.25) is 5.13 Å². The van der Waals surface area contributed by atoms with Crippen LogP contribution in [-0.2, 0) is 45.9 Å². The van der Waals surface area contributed by atoms with Gasteiger partial charge >= 0.3 is 30.2 Å². The average Bonchev–Trinajstić information content (AvgIpc) is 3.51. The molecule has 0 unspecified atom stereocenters. The Morgan fingerprint density at radius 2 is 1.42 bits per heavy atom. The molecule has 14 nitrogen and oxygen atoms in total. The molecule has 0 aliphatic carbocycles. The first-order chi connectivity index (χ1) is 24.5.